The van der Waals surface area contributed by atoms with Crippen LogP contribution in [0.3, 0.4) is 0 Å². The topological polar surface area (TPSA) is 71.8 Å². The van der Waals surface area contributed by atoms with E-state index in [4.69, 9.17) is 5.73 Å². The lowest BCUT2D eigenvalue weighted by Crippen LogP contribution is -2.25. The Morgan fingerprint density at radius 1 is 1.50 bits per heavy atom. The summed E-state index contributed by atoms with van der Waals surface area (Å²) >= 11 is 0. The number of aromatic nitrogens is 2. The van der Waals surface area contributed by atoms with Gasteiger partial charge in [0.2, 0.25) is 0 Å². The van der Waals surface area contributed by atoms with Crippen molar-refractivity contribution in [1.82, 2.24) is 9.97 Å². The van der Waals surface area contributed by atoms with Crippen LogP contribution in [0.2, 0.25) is 0 Å². The first kappa shape index (κ1) is 12.7. The van der Waals surface area contributed by atoms with Crippen LogP contribution in [0.1, 0.15) is 29.9 Å². The van der Waals surface area contributed by atoms with Crippen LogP contribution in [0.4, 0.5) is 13.2 Å². The van der Waals surface area contributed by atoms with Gasteiger partial charge in [-0.15, -0.1) is 0 Å². The normalized spacial score (nSPS) is 13.9. The number of nitrogens with two attached hydrogens (primary N) is 1. The number of nitrogens with zero attached hydrogens (tertiary/aromatic N) is 1. The van der Waals surface area contributed by atoms with Crippen molar-refractivity contribution in [3.05, 3.63) is 27.4 Å². The van der Waals surface area contributed by atoms with Gasteiger partial charge < -0.3 is 10.7 Å². The van der Waals surface area contributed by atoms with Gasteiger partial charge in [0.25, 0.3) is 5.56 Å². The van der Waals surface area contributed by atoms with E-state index in [0.717, 1.165) is 6.92 Å². The molecule has 0 saturated carbocycles. The molecule has 0 aromatic carbocycles. The Bertz CT molecular complexity index is 439. The average Bonchev–Trinajstić information content (AvgIpc) is 2.18. The van der Waals surface area contributed by atoms with Crippen LogP contribution in [0.15, 0.2) is 4.79 Å². The van der Waals surface area contributed by atoms with Crippen molar-refractivity contribution in [3.63, 3.8) is 0 Å². The lowest BCUT2D eigenvalue weighted by molar-refractivity contribution is -0.142. The average molecular weight is 235 g/mol. The van der Waals surface area contributed by atoms with Crippen LogP contribution < -0.4 is 11.3 Å². The third kappa shape index (κ3) is 2.41. The first-order valence-electron chi connectivity index (χ1n) is 4.65. The Morgan fingerprint density at radius 3 is 2.50 bits per heavy atom. The number of rotatable bonds is 2. The minimum absolute atomic E-state index is 0.0366. The fourth-order valence-corrected chi connectivity index (χ4v) is 1.17. The summed E-state index contributed by atoms with van der Waals surface area (Å²) in [4.78, 5) is 17.0. The third-order valence-electron chi connectivity index (χ3n) is 2.26. The quantitative estimate of drug-likeness (QED) is 0.807. The molecule has 0 fully saturated rings. The third-order valence-corrected chi connectivity index (χ3v) is 2.26. The first-order chi connectivity index (χ1) is 7.27. The Hall–Kier alpha value is -1.37. The van der Waals surface area contributed by atoms with Gasteiger partial charge in [0.05, 0.1) is 0 Å². The molecule has 0 radical (unpaired) electrons. The van der Waals surface area contributed by atoms with Crippen LogP contribution in [0.25, 0.3) is 0 Å². The van der Waals surface area contributed by atoms with Crippen LogP contribution >= 0.6 is 0 Å². The summed E-state index contributed by atoms with van der Waals surface area (Å²) < 4.78 is 37.6. The monoisotopic (exact) mass is 235 g/mol. The van der Waals surface area contributed by atoms with Crippen LogP contribution in [-0.2, 0) is 6.18 Å². The van der Waals surface area contributed by atoms with E-state index in [2.05, 4.69) is 9.97 Å². The van der Waals surface area contributed by atoms with Gasteiger partial charge in [0.15, 0.2) is 5.69 Å². The number of alkyl halides is 3. The van der Waals surface area contributed by atoms with E-state index in [-0.39, 0.29) is 12.4 Å². The summed E-state index contributed by atoms with van der Waals surface area (Å²) in [5, 5.41) is 0. The van der Waals surface area contributed by atoms with E-state index in [0.29, 0.717) is 0 Å². The maximum atomic E-state index is 12.5. The molecule has 0 aliphatic carbocycles. The van der Waals surface area contributed by atoms with Crippen molar-refractivity contribution in [2.24, 2.45) is 5.73 Å². The molecule has 1 heterocycles. The predicted octanol–water partition coefficient (Wildman–Crippen LogP) is 1.16. The standard InChI is InChI=1S/C9H12F3N3O/c1-4(3-13)7-14-6(9(10,11)12)5(2)8(16)15-7/h4H,3,13H2,1-2H3,(H,14,15,16). The van der Waals surface area contributed by atoms with E-state index in [1.807, 2.05) is 0 Å². The Labute approximate surface area is 89.7 Å². The summed E-state index contributed by atoms with van der Waals surface area (Å²) in [5.41, 5.74) is 2.95. The second-order valence-electron chi connectivity index (χ2n) is 3.56. The van der Waals surface area contributed by atoms with Gasteiger partial charge in [-0.1, -0.05) is 6.92 Å². The van der Waals surface area contributed by atoms with Crippen molar-refractivity contribution in [1.29, 1.82) is 0 Å². The molecule has 16 heavy (non-hydrogen) atoms. The molecule has 1 rings (SSSR count). The number of aromatic amines is 1. The Morgan fingerprint density at radius 2 is 2.06 bits per heavy atom. The molecule has 3 N–H and O–H groups in total. The predicted molar refractivity (Wildman–Crippen MR) is 52.1 cm³/mol. The lowest BCUT2D eigenvalue weighted by Gasteiger charge is -2.13. The highest BCUT2D eigenvalue weighted by Crippen LogP contribution is 2.29. The number of nitrogens with one attached hydrogen (secondary N) is 1. The van der Waals surface area contributed by atoms with Crippen LogP contribution in [-0.4, -0.2) is 16.5 Å². The molecule has 1 unspecified atom stereocenters. The summed E-state index contributed by atoms with van der Waals surface area (Å²) in [7, 11) is 0. The molecule has 90 valence electrons. The zero-order valence-corrected chi connectivity index (χ0v) is 8.85. The van der Waals surface area contributed by atoms with Gasteiger partial charge in [0, 0.05) is 18.0 Å². The zero-order valence-electron chi connectivity index (χ0n) is 8.85. The number of H-pyrrole nitrogens is 1. The molecule has 0 bridgehead atoms. The fraction of sp³-hybridized carbons (Fsp3) is 0.556. The highest BCUT2D eigenvalue weighted by molar-refractivity contribution is 5.19. The van der Waals surface area contributed by atoms with Crippen molar-refractivity contribution < 1.29 is 13.2 Å². The van der Waals surface area contributed by atoms with Crippen LogP contribution in [0.5, 0.6) is 0 Å². The van der Waals surface area contributed by atoms with E-state index in [1.165, 1.54) is 0 Å². The molecule has 1 aromatic heterocycles. The molecule has 0 saturated heterocycles. The molecular weight excluding hydrogens is 223 g/mol. The van der Waals surface area contributed by atoms with E-state index < -0.39 is 28.9 Å². The molecule has 0 amide bonds. The largest absolute Gasteiger partial charge is 0.433 e. The highest BCUT2D eigenvalue weighted by atomic mass is 19.4. The number of halogens is 3. The summed E-state index contributed by atoms with van der Waals surface area (Å²) in [6.07, 6.45) is -4.62. The SMILES string of the molecule is Cc1c(C(F)(F)F)nc(C(C)CN)[nH]c1=O. The summed E-state index contributed by atoms with van der Waals surface area (Å²) in [6, 6.07) is 0. The van der Waals surface area contributed by atoms with E-state index in [1.54, 1.807) is 6.92 Å². The van der Waals surface area contributed by atoms with Crippen molar-refractivity contribution in [2.75, 3.05) is 6.54 Å². The smallest absolute Gasteiger partial charge is 0.330 e. The summed E-state index contributed by atoms with van der Waals surface area (Å²) in [5.74, 6) is -0.458. The Balaban J connectivity index is 3.40. The molecule has 4 nitrogen and oxygen atoms in total. The first-order valence-corrected chi connectivity index (χ1v) is 4.65. The minimum Gasteiger partial charge on any atom is -0.330 e. The second-order valence-corrected chi connectivity index (χ2v) is 3.56. The Kier molecular flexibility index (Phi) is 3.37. The molecular formula is C9H12F3N3O. The zero-order chi connectivity index (χ0) is 12.5. The number of hydrogen-bond acceptors (Lipinski definition) is 3. The molecule has 0 spiro atoms. The lowest BCUT2D eigenvalue weighted by atomic mass is 10.1. The van der Waals surface area contributed by atoms with Gasteiger partial charge in [-0.25, -0.2) is 4.98 Å². The summed E-state index contributed by atoms with van der Waals surface area (Å²) in [6.45, 7) is 2.79. The van der Waals surface area contributed by atoms with Crippen LogP contribution in [0, 0.1) is 6.92 Å². The molecule has 1 atom stereocenters. The van der Waals surface area contributed by atoms with Gasteiger partial charge in [-0.05, 0) is 6.92 Å². The second kappa shape index (κ2) is 4.25. The van der Waals surface area contributed by atoms with Crippen molar-refractivity contribution in [2.45, 2.75) is 25.9 Å². The molecule has 1 aromatic rings. The fourth-order valence-electron chi connectivity index (χ4n) is 1.17. The van der Waals surface area contributed by atoms with E-state index >= 15 is 0 Å². The molecule has 0 aliphatic heterocycles. The highest BCUT2D eigenvalue weighted by Gasteiger charge is 2.36. The van der Waals surface area contributed by atoms with E-state index in [9.17, 15) is 18.0 Å². The number of hydrogen-bond donors (Lipinski definition) is 2. The van der Waals surface area contributed by atoms with Gasteiger partial charge in [0.1, 0.15) is 5.82 Å². The van der Waals surface area contributed by atoms with Gasteiger partial charge >= 0.3 is 6.18 Å². The van der Waals surface area contributed by atoms with Crippen molar-refractivity contribution in [3.8, 4) is 0 Å². The van der Waals surface area contributed by atoms with Gasteiger partial charge in [-0.2, -0.15) is 13.2 Å². The molecule has 7 heteroatoms. The minimum atomic E-state index is -4.62. The van der Waals surface area contributed by atoms with Crippen molar-refractivity contribution >= 4 is 0 Å². The maximum absolute atomic E-state index is 12.5. The maximum Gasteiger partial charge on any atom is 0.433 e. The molecule has 0 aliphatic rings. The van der Waals surface area contributed by atoms with Gasteiger partial charge in [-0.3, -0.25) is 4.79 Å².